The van der Waals surface area contributed by atoms with E-state index in [4.69, 9.17) is 0 Å². The molecule has 1 aromatic rings. The normalized spacial score (nSPS) is 11.0. The van der Waals surface area contributed by atoms with Crippen molar-refractivity contribution in [2.24, 2.45) is 0 Å². The number of nitrogens with zero attached hydrogens (tertiary/aromatic N) is 1. The fourth-order valence-electron chi connectivity index (χ4n) is 1.31. The van der Waals surface area contributed by atoms with Gasteiger partial charge in [0, 0.05) is 32.9 Å². The average Bonchev–Trinajstić information content (AvgIpc) is 2.33. The second kappa shape index (κ2) is 6.31. The van der Waals surface area contributed by atoms with Crippen LogP contribution in [0.5, 0.6) is 0 Å². The molecule has 0 aliphatic rings. The van der Waals surface area contributed by atoms with Gasteiger partial charge in [-0.05, 0) is 24.3 Å². The summed E-state index contributed by atoms with van der Waals surface area (Å²) in [6.45, 7) is 0.822. The maximum Gasteiger partial charge on any atom is 0.416 e. The first-order chi connectivity index (χ1) is 8.80. The number of hydrogen-bond acceptors (Lipinski definition) is 2. The zero-order valence-corrected chi connectivity index (χ0v) is 10.7. The molecule has 4 nitrogen and oxygen atoms in total. The smallest absolute Gasteiger partial charge is 0.383 e. The van der Waals surface area contributed by atoms with Crippen LogP contribution >= 0.6 is 0 Å². The third-order valence-corrected chi connectivity index (χ3v) is 2.35. The van der Waals surface area contributed by atoms with Gasteiger partial charge >= 0.3 is 12.2 Å². The average molecular weight is 275 g/mol. The highest BCUT2D eigenvalue weighted by Crippen LogP contribution is 2.29. The minimum atomic E-state index is -4.32. The molecule has 0 saturated heterocycles. The molecule has 0 aliphatic heterocycles. The van der Waals surface area contributed by atoms with Crippen molar-refractivity contribution in [3.8, 4) is 0 Å². The summed E-state index contributed by atoms with van der Waals surface area (Å²) < 4.78 is 37.0. The molecule has 0 atom stereocenters. The Bertz CT molecular complexity index is 415. The third-order valence-electron chi connectivity index (χ3n) is 2.35. The highest BCUT2D eigenvalue weighted by atomic mass is 19.4. The van der Waals surface area contributed by atoms with E-state index in [1.165, 1.54) is 17.0 Å². The third kappa shape index (κ3) is 5.07. The lowest BCUT2D eigenvalue weighted by Gasteiger charge is -2.13. The van der Waals surface area contributed by atoms with Crippen molar-refractivity contribution < 1.29 is 18.0 Å². The second-order valence-electron chi connectivity index (χ2n) is 4.13. The quantitative estimate of drug-likeness (QED) is 0.829. The van der Waals surface area contributed by atoms with Gasteiger partial charge in [0.25, 0.3) is 0 Å². The monoisotopic (exact) mass is 275 g/mol. The van der Waals surface area contributed by atoms with Crippen LogP contribution in [0.1, 0.15) is 5.56 Å². The second-order valence-corrected chi connectivity index (χ2v) is 4.13. The Balaban J connectivity index is 2.37. The summed E-state index contributed by atoms with van der Waals surface area (Å²) in [7, 11) is 3.25. The highest BCUT2D eigenvalue weighted by molar-refractivity contribution is 5.73. The van der Waals surface area contributed by atoms with Crippen molar-refractivity contribution in [3.05, 3.63) is 29.8 Å². The number of benzene rings is 1. The van der Waals surface area contributed by atoms with Crippen molar-refractivity contribution in [2.75, 3.05) is 32.5 Å². The Labute approximate surface area is 109 Å². The summed E-state index contributed by atoms with van der Waals surface area (Å²) in [6.07, 6.45) is -4.32. The van der Waals surface area contributed by atoms with E-state index in [9.17, 15) is 18.0 Å². The van der Waals surface area contributed by atoms with E-state index >= 15 is 0 Å². The summed E-state index contributed by atoms with van der Waals surface area (Å²) >= 11 is 0. The van der Waals surface area contributed by atoms with Crippen LogP contribution < -0.4 is 10.6 Å². The molecule has 0 spiro atoms. The van der Waals surface area contributed by atoms with Crippen LogP contribution in [0.2, 0.25) is 0 Å². The standard InChI is InChI=1S/C12H16F3N3O/c1-18(2)11(19)17-8-7-16-10-5-3-9(4-6-10)12(13,14)15/h3-6,16H,7-8H2,1-2H3,(H,17,19). The van der Waals surface area contributed by atoms with E-state index in [-0.39, 0.29) is 6.03 Å². The van der Waals surface area contributed by atoms with Gasteiger partial charge in [-0.1, -0.05) is 0 Å². The van der Waals surface area contributed by atoms with Gasteiger partial charge < -0.3 is 15.5 Å². The van der Waals surface area contributed by atoms with Crippen LogP contribution in [-0.4, -0.2) is 38.1 Å². The van der Waals surface area contributed by atoms with Crippen molar-refractivity contribution >= 4 is 11.7 Å². The SMILES string of the molecule is CN(C)C(=O)NCCNc1ccc(C(F)(F)F)cc1. The fraction of sp³-hybridized carbons (Fsp3) is 0.417. The number of amides is 2. The number of alkyl halides is 3. The van der Waals surface area contributed by atoms with Crippen LogP contribution in [0.15, 0.2) is 24.3 Å². The molecule has 0 radical (unpaired) electrons. The molecule has 0 fully saturated rings. The molecule has 19 heavy (non-hydrogen) atoms. The summed E-state index contributed by atoms with van der Waals surface area (Å²) in [5.74, 6) is 0. The molecule has 2 N–H and O–H groups in total. The minimum Gasteiger partial charge on any atom is -0.383 e. The summed E-state index contributed by atoms with van der Waals surface area (Å²) in [4.78, 5) is 12.6. The van der Waals surface area contributed by atoms with Gasteiger partial charge in [0.2, 0.25) is 0 Å². The van der Waals surface area contributed by atoms with Gasteiger partial charge in [-0.25, -0.2) is 4.79 Å². The van der Waals surface area contributed by atoms with Crippen molar-refractivity contribution in [3.63, 3.8) is 0 Å². The molecular formula is C12H16F3N3O. The van der Waals surface area contributed by atoms with E-state index in [2.05, 4.69) is 10.6 Å². The minimum absolute atomic E-state index is 0.214. The summed E-state index contributed by atoms with van der Waals surface area (Å²) in [5.41, 5.74) is -0.105. The molecule has 106 valence electrons. The van der Waals surface area contributed by atoms with E-state index in [0.717, 1.165) is 12.1 Å². The zero-order valence-electron chi connectivity index (χ0n) is 10.7. The Kier molecular flexibility index (Phi) is 5.02. The molecule has 0 unspecified atom stereocenters. The molecular weight excluding hydrogens is 259 g/mol. The largest absolute Gasteiger partial charge is 0.416 e. The van der Waals surface area contributed by atoms with Gasteiger partial charge in [0.1, 0.15) is 0 Å². The molecule has 1 rings (SSSR count). The summed E-state index contributed by atoms with van der Waals surface area (Å²) in [5, 5.41) is 5.55. The van der Waals surface area contributed by atoms with Gasteiger partial charge in [-0.15, -0.1) is 0 Å². The van der Waals surface area contributed by atoms with Crippen LogP contribution in [-0.2, 0) is 6.18 Å². The molecule has 0 heterocycles. The van der Waals surface area contributed by atoms with E-state index in [1.54, 1.807) is 14.1 Å². The maximum absolute atomic E-state index is 12.3. The molecule has 1 aromatic carbocycles. The first kappa shape index (κ1) is 15.1. The Morgan fingerprint density at radius 3 is 2.21 bits per heavy atom. The molecule has 7 heteroatoms. The Morgan fingerprint density at radius 2 is 1.74 bits per heavy atom. The predicted molar refractivity (Wildman–Crippen MR) is 67.0 cm³/mol. The topological polar surface area (TPSA) is 44.4 Å². The first-order valence-corrected chi connectivity index (χ1v) is 5.67. The summed E-state index contributed by atoms with van der Waals surface area (Å²) in [6, 6.07) is 4.53. The number of carbonyl (C=O) groups excluding carboxylic acids is 1. The highest BCUT2D eigenvalue weighted by Gasteiger charge is 2.29. The predicted octanol–water partition coefficient (Wildman–Crippen LogP) is 2.39. The number of carbonyl (C=O) groups is 1. The van der Waals surface area contributed by atoms with Gasteiger partial charge in [0.15, 0.2) is 0 Å². The van der Waals surface area contributed by atoms with E-state index in [1.807, 2.05) is 0 Å². The van der Waals surface area contributed by atoms with E-state index < -0.39 is 11.7 Å². The Morgan fingerprint density at radius 1 is 1.16 bits per heavy atom. The lowest BCUT2D eigenvalue weighted by molar-refractivity contribution is -0.137. The first-order valence-electron chi connectivity index (χ1n) is 5.67. The fourth-order valence-corrected chi connectivity index (χ4v) is 1.31. The van der Waals surface area contributed by atoms with Crippen molar-refractivity contribution in [2.45, 2.75) is 6.18 Å². The lowest BCUT2D eigenvalue weighted by Crippen LogP contribution is -2.37. The van der Waals surface area contributed by atoms with Crippen LogP contribution in [0, 0.1) is 0 Å². The number of hydrogen-bond donors (Lipinski definition) is 2. The van der Waals surface area contributed by atoms with Gasteiger partial charge in [-0.3, -0.25) is 0 Å². The van der Waals surface area contributed by atoms with Crippen molar-refractivity contribution in [1.29, 1.82) is 0 Å². The Hall–Kier alpha value is -1.92. The number of anilines is 1. The van der Waals surface area contributed by atoms with E-state index in [0.29, 0.717) is 18.8 Å². The molecule has 0 aliphatic carbocycles. The number of urea groups is 1. The van der Waals surface area contributed by atoms with Crippen LogP contribution in [0.25, 0.3) is 0 Å². The van der Waals surface area contributed by atoms with Gasteiger partial charge in [0.05, 0.1) is 5.56 Å². The number of nitrogens with one attached hydrogen (secondary N) is 2. The molecule has 0 saturated carbocycles. The van der Waals surface area contributed by atoms with Crippen molar-refractivity contribution in [1.82, 2.24) is 10.2 Å². The number of rotatable bonds is 4. The molecule has 0 bridgehead atoms. The zero-order chi connectivity index (χ0) is 14.5. The molecule has 0 aromatic heterocycles. The maximum atomic E-state index is 12.3. The van der Waals surface area contributed by atoms with Crippen LogP contribution in [0.4, 0.5) is 23.7 Å². The van der Waals surface area contributed by atoms with Crippen LogP contribution in [0.3, 0.4) is 0 Å². The lowest BCUT2D eigenvalue weighted by atomic mass is 10.2. The van der Waals surface area contributed by atoms with Gasteiger partial charge in [-0.2, -0.15) is 13.2 Å². The molecule has 2 amide bonds. The number of halogens is 3.